The fourth-order valence-corrected chi connectivity index (χ4v) is 1.52. The molecule has 7 nitrogen and oxygen atoms in total. The van der Waals surface area contributed by atoms with Crippen LogP contribution in [0.2, 0.25) is 0 Å². The van der Waals surface area contributed by atoms with E-state index < -0.39 is 10.0 Å². The Morgan fingerprint density at radius 2 is 2.25 bits per heavy atom. The van der Waals surface area contributed by atoms with Crippen LogP contribution in [0.1, 0.15) is 0 Å². The third-order valence-electron chi connectivity index (χ3n) is 1.80. The zero-order valence-electron chi connectivity index (χ0n) is 9.10. The highest BCUT2D eigenvalue weighted by Gasteiger charge is 2.06. The van der Waals surface area contributed by atoms with Gasteiger partial charge in [-0.3, -0.25) is 0 Å². The van der Waals surface area contributed by atoms with Crippen LogP contribution in [0.5, 0.6) is 5.88 Å². The summed E-state index contributed by atoms with van der Waals surface area (Å²) in [4.78, 5) is 7.89. The summed E-state index contributed by atoms with van der Waals surface area (Å²) >= 11 is 0. The van der Waals surface area contributed by atoms with Crippen LogP contribution in [-0.4, -0.2) is 44.8 Å². The molecule has 0 atom stereocenters. The Labute approximate surface area is 94.3 Å². The summed E-state index contributed by atoms with van der Waals surface area (Å²) in [5.74, 6) is 0.726. The van der Waals surface area contributed by atoms with Crippen molar-refractivity contribution in [1.82, 2.24) is 14.7 Å². The van der Waals surface area contributed by atoms with Crippen LogP contribution in [0.15, 0.2) is 12.3 Å². The van der Waals surface area contributed by atoms with Gasteiger partial charge in [0.25, 0.3) is 0 Å². The van der Waals surface area contributed by atoms with E-state index >= 15 is 0 Å². The van der Waals surface area contributed by atoms with Crippen molar-refractivity contribution < 1.29 is 13.2 Å². The largest absolute Gasteiger partial charge is 0.481 e. The number of anilines is 1. The predicted molar refractivity (Wildman–Crippen MR) is 59.9 cm³/mol. The van der Waals surface area contributed by atoms with Gasteiger partial charge in [-0.25, -0.2) is 18.1 Å². The number of ether oxygens (including phenoxy) is 1. The maximum absolute atomic E-state index is 11.1. The molecule has 2 N–H and O–H groups in total. The van der Waals surface area contributed by atoms with Gasteiger partial charge in [0, 0.05) is 18.8 Å². The Hall–Kier alpha value is -1.41. The molecule has 0 aromatic carbocycles. The molecule has 0 aliphatic rings. The molecular weight excluding hydrogens is 232 g/mol. The average Bonchev–Trinajstić information content (AvgIpc) is 2.29. The first kappa shape index (κ1) is 12.7. The molecule has 0 fully saturated rings. The van der Waals surface area contributed by atoms with Gasteiger partial charge < -0.3 is 10.1 Å². The molecule has 0 aliphatic carbocycles. The predicted octanol–water partition coefficient (Wildman–Crippen LogP) is -0.554. The lowest BCUT2D eigenvalue weighted by Gasteiger charge is -2.05. The standard InChI is InChI=1S/C8H14N4O3S/c1-9-16(13,14)6-5-11-8-10-4-3-7(12-8)15-2/h3-4,9H,5-6H2,1-2H3,(H,10,11,12). The van der Waals surface area contributed by atoms with Crippen LogP contribution in [-0.2, 0) is 10.0 Å². The van der Waals surface area contributed by atoms with E-state index in [-0.39, 0.29) is 12.3 Å². The fourth-order valence-electron chi connectivity index (χ4n) is 0.940. The summed E-state index contributed by atoms with van der Waals surface area (Å²) < 4.78 is 29.3. The zero-order valence-corrected chi connectivity index (χ0v) is 9.91. The molecule has 1 rings (SSSR count). The first-order valence-electron chi connectivity index (χ1n) is 4.59. The summed E-state index contributed by atoms with van der Waals surface area (Å²) in [5.41, 5.74) is 0. The molecule has 0 radical (unpaired) electrons. The molecule has 0 amide bonds. The number of aromatic nitrogens is 2. The molecule has 0 saturated heterocycles. The van der Waals surface area contributed by atoms with E-state index in [1.807, 2.05) is 0 Å². The van der Waals surface area contributed by atoms with Crippen molar-refractivity contribution in [2.75, 3.05) is 31.8 Å². The van der Waals surface area contributed by atoms with Gasteiger partial charge >= 0.3 is 0 Å². The Kier molecular flexibility index (Phi) is 4.44. The highest BCUT2D eigenvalue weighted by Crippen LogP contribution is 2.06. The molecule has 1 heterocycles. The number of hydrogen-bond donors (Lipinski definition) is 2. The van der Waals surface area contributed by atoms with Crippen LogP contribution in [0.3, 0.4) is 0 Å². The number of rotatable bonds is 6. The van der Waals surface area contributed by atoms with Crippen LogP contribution >= 0.6 is 0 Å². The number of methoxy groups -OCH3 is 1. The van der Waals surface area contributed by atoms with Crippen molar-refractivity contribution >= 4 is 16.0 Å². The van der Waals surface area contributed by atoms with Crippen molar-refractivity contribution in [1.29, 1.82) is 0 Å². The summed E-state index contributed by atoms with van der Waals surface area (Å²) in [6.45, 7) is 0.232. The minimum absolute atomic E-state index is 0.0376. The highest BCUT2D eigenvalue weighted by molar-refractivity contribution is 7.89. The van der Waals surface area contributed by atoms with Gasteiger partial charge in [0.15, 0.2) is 0 Å². The number of nitrogens with one attached hydrogen (secondary N) is 2. The second kappa shape index (κ2) is 5.61. The van der Waals surface area contributed by atoms with Crippen LogP contribution < -0.4 is 14.8 Å². The van der Waals surface area contributed by atoms with Gasteiger partial charge in [-0.15, -0.1) is 0 Å². The first-order chi connectivity index (χ1) is 7.57. The number of sulfonamides is 1. The Bertz CT molecular complexity index is 435. The lowest BCUT2D eigenvalue weighted by Crippen LogP contribution is -2.26. The number of hydrogen-bond acceptors (Lipinski definition) is 6. The molecule has 1 aromatic rings. The number of nitrogens with zero attached hydrogens (tertiary/aromatic N) is 2. The van der Waals surface area contributed by atoms with Gasteiger partial charge in [-0.2, -0.15) is 4.98 Å². The van der Waals surface area contributed by atoms with Gasteiger partial charge in [0.05, 0.1) is 12.9 Å². The van der Waals surface area contributed by atoms with Gasteiger partial charge in [-0.05, 0) is 7.05 Å². The third kappa shape index (κ3) is 3.99. The van der Waals surface area contributed by atoms with Crippen molar-refractivity contribution in [3.05, 3.63) is 12.3 Å². The minimum atomic E-state index is -3.20. The molecule has 1 aromatic heterocycles. The maximum atomic E-state index is 11.1. The topological polar surface area (TPSA) is 93.2 Å². The second-order valence-corrected chi connectivity index (χ2v) is 4.92. The van der Waals surface area contributed by atoms with Gasteiger partial charge in [-0.1, -0.05) is 0 Å². The van der Waals surface area contributed by atoms with Crippen LogP contribution in [0.25, 0.3) is 0 Å². The third-order valence-corrected chi connectivity index (χ3v) is 3.17. The highest BCUT2D eigenvalue weighted by atomic mass is 32.2. The Morgan fingerprint density at radius 3 is 2.88 bits per heavy atom. The summed E-state index contributed by atoms with van der Waals surface area (Å²) in [7, 11) is -0.335. The molecule has 0 bridgehead atoms. The smallest absolute Gasteiger partial charge is 0.225 e. The van der Waals surface area contributed by atoms with E-state index in [2.05, 4.69) is 20.0 Å². The molecule has 0 saturated carbocycles. The molecule has 0 unspecified atom stereocenters. The first-order valence-corrected chi connectivity index (χ1v) is 6.25. The Morgan fingerprint density at radius 1 is 1.50 bits per heavy atom. The molecule has 90 valence electrons. The van der Waals surface area contributed by atoms with Crippen LogP contribution in [0, 0.1) is 0 Å². The van der Waals surface area contributed by atoms with Gasteiger partial charge in [0.1, 0.15) is 0 Å². The van der Waals surface area contributed by atoms with Gasteiger partial charge in [0.2, 0.25) is 21.9 Å². The Balaban J connectivity index is 2.49. The fraction of sp³-hybridized carbons (Fsp3) is 0.500. The quantitative estimate of drug-likeness (QED) is 0.699. The van der Waals surface area contributed by atoms with Crippen molar-refractivity contribution in [2.24, 2.45) is 0 Å². The lowest BCUT2D eigenvalue weighted by atomic mass is 10.6. The van der Waals surface area contributed by atoms with E-state index in [0.717, 1.165) is 0 Å². The maximum Gasteiger partial charge on any atom is 0.225 e. The molecule has 8 heteroatoms. The zero-order chi connectivity index (χ0) is 12.0. The molecule has 0 aliphatic heterocycles. The summed E-state index contributed by atoms with van der Waals surface area (Å²) in [6, 6.07) is 1.61. The van der Waals surface area contributed by atoms with E-state index in [4.69, 9.17) is 4.74 Å². The summed E-state index contributed by atoms with van der Waals surface area (Å²) in [5, 5.41) is 2.79. The molecular formula is C8H14N4O3S. The monoisotopic (exact) mass is 246 g/mol. The van der Waals surface area contributed by atoms with Crippen LogP contribution in [0.4, 0.5) is 5.95 Å². The molecule has 0 spiro atoms. The summed E-state index contributed by atoms with van der Waals surface area (Å²) in [6.07, 6.45) is 1.53. The SMILES string of the molecule is CNS(=O)(=O)CCNc1nccc(OC)n1. The normalized spacial score (nSPS) is 11.1. The minimum Gasteiger partial charge on any atom is -0.481 e. The van der Waals surface area contributed by atoms with E-state index in [1.54, 1.807) is 6.07 Å². The van der Waals surface area contributed by atoms with E-state index in [0.29, 0.717) is 11.8 Å². The average molecular weight is 246 g/mol. The molecule has 16 heavy (non-hydrogen) atoms. The lowest BCUT2D eigenvalue weighted by molar-refractivity contribution is 0.397. The second-order valence-electron chi connectivity index (χ2n) is 2.87. The van der Waals surface area contributed by atoms with Crippen molar-refractivity contribution in [3.63, 3.8) is 0 Å². The van der Waals surface area contributed by atoms with Crippen molar-refractivity contribution in [3.8, 4) is 5.88 Å². The van der Waals surface area contributed by atoms with E-state index in [9.17, 15) is 8.42 Å². The van der Waals surface area contributed by atoms with E-state index in [1.165, 1.54) is 20.4 Å². The van der Waals surface area contributed by atoms with Crippen molar-refractivity contribution in [2.45, 2.75) is 0 Å².